The first-order chi connectivity index (χ1) is 9.50. The van der Waals surface area contributed by atoms with Crippen LogP contribution in [0.4, 0.5) is 0 Å². The lowest BCUT2D eigenvalue weighted by Crippen LogP contribution is -2.30. The zero-order valence-corrected chi connectivity index (χ0v) is 12.8. The molecule has 0 aliphatic carbocycles. The summed E-state index contributed by atoms with van der Waals surface area (Å²) in [5.74, 6) is 0. The Kier molecular flexibility index (Phi) is 4.25. The second-order valence-electron chi connectivity index (χ2n) is 4.47. The average molecular weight is 293 g/mol. The second kappa shape index (κ2) is 5.76. The highest BCUT2D eigenvalue weighted by molar-refractivity contribution is 7.89. The summed E-state index contributed by atoms with van der Waals surface area (Å²) in [6.45, 7) is 4.56. The lowest BCUT2D eigenvalue weighted by atomic mass is 10.2. The standard InChI is InChI=1S/C14H19N3O2S/c1-4-17(5-2)20(18,19)13-11-16(3)15-14(13)12-9-7-6-8-10-12/h6-11H,4-5H2,1-3H3. The van der Waals surface area contributed by atoms with Gasteiger partial charge in [0.1, 0.15) is 10.6 Å². The Hall–Kier alpha value is -1.66. The minimum absolute atomic E-state index is 0.259. The first-order valence-corrected chi connectivity index (χ1v) is 8.04. The van der Waals surface area contributed by atoms with E-state index in [2.05, 4.69) is 5.10 Å². The van der Waals surface area contributed by atoms with Gasteiger partial charge >= 0.3 is 0 Å². The van der Waals surface area contributed by atoms with E-state index in [1.54, 1.807) is 17.9 Å². The molecule has 6 heteroatoms. The summed E-state index contributed by atoms with van der Waals surface area (Å²) in [6.07, 6.45) is 1.57. The van der Waals surface area contributed by atoms with Gasteiger partial charge in [-0.1, -0.05) is 44.2 Å². The molecule has 0 N–H and O–H groups in total. The fraction of sp³-hybridized carbons (Fsp3) is 0.357. The molecule has 0 spiro atoms. The van der Waals surface area contributed by atoms with E-state index in [0.29, 0.717) is 18.8 Å². The van der Waals surface area contributed by atoms with Gasteiger partial charge in [-0.15, -0.1) is 0 Å². The fourth-order valence-electron chi connectivity index (χ4n) is 2.15. The van der Waals surface area contributed by atoms with Crippen LogP contribution in [0.1, 0.15) is 13.8 Å². The predicted octanol–water partition coefficient (Wildman–Crippen LogP) is 2.12. The second-order valence-corrected chi connectivity index (χ2v) is 6.38. The van der Waals surface area contributed by atoms with E-state index in [1.807, 2.05) is 44.2 Å². The van der Waals surface area contributed by atoms with Crippen molar-refractivity contribution in [3.8, 4) is 11.3 Å². The lowest BCUT2D eigenvalue weighted by molar-refractivity contribution is 0.445. The lowest BCUT2D eigenvalue weighted by Gasteiger charge is -2.18. The van der Waals surface area contributed by atoms with Gasteiger partial charge in [-0.25, -0.2) is 8.42 Å². The fourth-order valence-corrected chi connectivity index (χ4v) is 3.80. The number of sulfonamides is 1. The molecule has 0 bridgehead atoms. The molecule has 2 rings (SSSR count). The van der Waals surface area contributed by atoms with Crippen LogP contribution in [0.25, 0.3) is 11.3 Å². The maximum absolute atomic E-state index is 12.7. The molecule has 0 fully saturated rings. The Morgan fingerprint density at radius 2 is 1.75 bits per heavy atom. The number of benzene rings is 1. The van der Waals surface area contributed by atoms with Crippen molar-refractivity contribution < 1.29 is 8.42 Å². The molecule has 1 aromatic carbocycles. The predicted molar refractivity (Wildman–Crippen MR) is 78.8 cm³/mol. The third kappa shape index (κ3) is 2.62. The van der Waals surface area contributed by atoms with Gasteiger partial charge in [-0.05, 0) is 0 Å². The van der Waals surface area contributed by atoms with Crippen LogP contribution >= 0.6 is 0 Å². The molecule has 0 saturated heterocycles. The highest BCUT2D eigenvalue weighted by atomic mass is 32.2. The Bertz CT molecular complexity index is 674. The van der Waals surface area contributed by atoms with Crippen molar-refractivity contribution in [2.24, 2.45) is 7.05 Å². The van der Waals surface area contributed by atoms with E-state index in [0.717, 1.165) is 5.56 Å². The molecule has 2 aromatic rings. The Balaban J connectivity index is 2.59. The van der Waals surface area contributed by atoms with Crippen LogP contribution in [0.2, 0.25) is 0 Å². The van der Waals surface area contributed by atoms with Crippen molar-refractivity contribution in [2.75, 3.05) is 13.1 Å². The summed E-state index contributed by atoms with van der Waals surface area (Å²) in [4.78, 5) is 0.259. The van der Waals surface area contributed by atoms with Crippen LogP contribution in [0.3, 0.4) is 0 Å². The monoisotopic (exact) mass is 293 g/mol. The van der Waals surface area contributed by atoms with Gasteiger partial charge in [0.15, 0.2) is 0 Å². The highest BCUT2D eigenvalue weighted by Gasteiger charge is 2.27. The van der Waals surface area contributed by atoms with Crippen molar-refractivity contribution in [3.63, 3.8) is 0 Å². The zero-order chi connectivity index (χ0) is 14.8. The number of aromatic nitrogens is 2. The SMILES string of the molecule is CCN(CC)S(=O)(=O)c1cn(C)nc1-c1ccccc1. The van der Waals surface area contributed by atoms with Crippen LogP contribution in [-0.4, -0.2) is 35.6 Å². The Morgan fingerprint density at radius 3 is 2.30 bits per heavy atom. The molecule has 0 aliphatic heterocycles. The zero-order valence-electron chi connectivity index (χ0n) is 11.9. The molecule has 0 saturated carbocycles. The smallest absolute Gasteiger partial charge is 0.246 e. The third-order valence-corrected chi connectivity index (χ3v) is 5.22. The van der Waals surface area contributed by atoms with Crippen molar-refractivity contribution in [1.29, 1.82) is 0 Å². The van der Waals surface area contributed by atoms with Gasteiger partial charge < -0.3 is 0 Å². The number of nitrogens with zero attached hydrogens (tertiary/aromatic N) is 3. The highest BCUT2D eigenvalue weighted by Crippen LogP contribution is 2.27. The molecule has 0 unspecified atom stereocenters. The average Bonchev–Trinajstić information content (AvgIpc) is 2.84. The molecule has 5 nitrogen and oxygen atoms in total. The van der Waals surface area contributed by atoms with E-state index in [4.69, 9.17) is 0 Å². The summed E-state index contributed by atoms with van der Waals surface area (Å²) < 4.78 is 28.3. The number of aryl methyl sites for hydroxylation is 1. The summed E-state index contributed by atoms with van der Waals surface area (Å²) in [6, 6.07) is 9.37. The summed E-state index contributed by atoms with van der Waals surface area (Å²) in [5.41, 5.74) is 1.30. The van der Waals surface area contributed by atoms with Gasteiger partial charge in [0.05, 0.1) is 0 Å². The maximum atomic E-state index is 12.7. The van der Waals surface area contributed by atoms with E-state index >= 15 is 0 Å². The molecule has 0 aliphatic rings. The van der Waals surface area contributed by atoms with Gasteiger partial charge in [-0.3, -0.25) is 4.68 Å². The van der Waals surface area contributed by atoms with Crippen molar-refractivity contribution in [1.82, 2.24) is 14.1 Å². The quantitative estimate of drug-likeness (QED) is 0.848. The normalized spacial score (nSPS) is 12.0. The van der Waals surface area contributed by atoms with Gasteiger partial charge in [0, 0.05) is 31.9 Å². The number of hydrogen-bond donors (Lipinski definition) is 0. The molecule has 0 atom stereocenters. The Labute approximate surface area is 119 Å². The van der Waals surface area contributed by atoms with E-state index in [1.165, 1.54) is 4.31 Å². The minimum Gasteiger partial charge on any atom is -0.274 e. The molecule has 1 heterocycles. The van der Waals surface area contributed by atoms with Crippen molar-refractivity contribution >= 4 is 10.0 Å². The van der Waals surface area contributed by atoms with Crippen molar-refractivity contribution in [3.05, 3.63) is 36.5 Å². The molecule has 108 valence electrons. The molecular weight excluding hydrogens is 274 g/mol. The topological polar surface area (TPSA) is 55.2 Å². The summed E-state index contributed by atoms with van der Waals surface area (Å²) >= 11 is 0. The van der Waals surface area contributed by atoms with Crippen LogP contribution in [0.15, 0.2) is 41.4 Å². The Morgan fingerprint density at radius 1 is 1.15 bits per heavy atom. The van der Waals surface area contributed by atoms with Crippen LogP contribution in [-0.2, 0) is 17.1 Å². The first kappa shape index (κ1) is 14.7. The van der Waals surface area contributed by atoms with E-state index in [9.17, 15) is 8.42 Å². The van der Waals surface area contributed by atoms with Crippen LogP contribution in [0.5, 0.6) is 0 Å². The van der Waals surface area contributed by atoms with Crippen LogP contribution in [0, 0.1) is 0 Å². The summed E-state index contributed by atoms with van der Waals surface area (Å²) in [5, 5.41) is 4.31. The van der Waals surface area contributed by atoms with Gasteiger partial charge in [0.2, 0.25) is 10.0 Å². The molecule has 20 heavy (non-hydrogen) atoms. The largest absolute Gasteiger partial charge is 0.274 e. The first-order valence-electron chi connectivity index (χ1n) is 6.60. The molecular formula is C14H19N3O2S. The number of rotatable bonds is 5. The summed E-state index contributed by atoms with van der Waals surface area (Å²) in [7, 11) is -1.78. The van der Waals surface area contributed by atoms with E-state index in [-0.39, 0.29) is 4.90 Å². The van der Waals surface area contributed by atoms with Gasteiger partial charge in [-0.2, -0.15) is 9.40 Å². The number of hydrogen-bond acceptors (Lipinski definition) is 3. The third-order valence-electron chi connectivity index (χ3n) is 3.17. The van der Waals surface area contributed by atoms with Crippen LogP contribution < -0.4 is 0 Å². The van der Waals surface area contributed by atoms with Gasteiger partial charge in [0.25, 0.3) is 0 Å². The van der Waals surface area contributed by atoms with E-state index < -0.39 is 10.0 Å². The molecule has 0 amide bonds. The molecule has 1 aromatic heterocycles. The van der Waals surface area contributed by atoms with Crippen molar-refractivity contribution in [2.45, 2.75) is 18.7 Å². The minimum atomic E-state index is -3.51. The molecule has 0 radical (unpaired) electrons. The maximum Gasteiger partial charge on any atom is 0.246 e.